The van der Waals surface area contributed by atoms with Gasteiger partial charge < -0.3 is 36.8 Å². The van der Waals surface area contributed by atoms with Crippen molar-refractivity contribution in [3.63, 3.8) is 0 Å². The first-order valence-electron chi connectivity index (χ1n) is 22.2. The van der Waals surface area contributed by atoms with Crippen molar-refractivity contribution in [3.8, 4) is 22.5 Å². The Balaban J connectivity index is 0.000000129. The maximum absolute atomic E-state index is 6.14. The molecule has 0 atom stereocenters. The van der Waals surface area contributed by atoms with Crippen molar-refractivity contribution >= 4 is 82.3 Å². The first kappa shape index (κ1) is 46.0. The molecule has 4 aromatic carbocycles. The van der Waals surface area contributed by atoms with Crippen LogP contribution in [0.1, 0.15) is 83.1 Å². The maximum atomic E-state index is 6.14. The summed E-state index contributed by atoms with van der Waals surface area (Å²) in [6, 6.07) is 31.4. The molecule has 66 heavy (non-hydrogen) atoms. The van der Waals surface area contributed by atoms with Crippen LogP contribution in [-0.2, 0) is 27.9 Å². The fourth-order valence-corrected chi connectivity index (χ4v) is 7.97. The lowest BCUT2D eigenvalue weighted by Gasteiger charge is -2.32. The number of hydrogen-bond acceptors (Lipinski definition) is 12. The zero-order valence-corrected chi connectivity index (χ0v) is 40.3. The average molecular weight is 907 g/mol. The second kappa shape index (κ2) is 16.6. The molecule has 11 rings (SSSR count). The van der Waals surface area contributed by atoms with Gasteiger partial charge in [-0.1, -0.05) is 72.3 Å². The molecule has 0 unspecified atom stereocenters. The summed E-state index contributed by atoms with van der Waals surface area (Å²) < 4.78 is 48.1. The van der Waals surface area contributed by atoms with Crippen LogP contribution in [0.5, 0.6) is 0 Å². The minimum absolute atomic E-state index is 0.358. The number of nitrogens with zero attached hydrogens (tertiary/aromatic N) is 4. The molecule has 7 heterocycles. The summed E-state index contributed by atoms with van der Waals surface area (Å²) in [6.45, 7) is 24.4. The van der Waals surface area contributed by atoms with E-state index in [1.807, 2.05) is 152 Å². The summed E-state index contributed by atoms with van der Waals surface area (Å²) in [5.74, 6) is 0. The first-order chi connectivity index (χ1) is 31.1. The third-order valence-electron chi connectivity index (χ3n) is 13.9. The fourth-order valence-electron chi connectivity index (χ4n) is 7.84. The molecule has 8 aromatic rings. The normalized spacial score (nSPS) is 19.9. The van der Waals surface area contributed by atoms with Crippen molar-refractivity contribution in [2.24, 2.45) is 0 Å². The molecule has 0 amide bonds. The van der Waals surface area contributed by atoms with Crippen LogP contribution in [0.2, 0.25) is 5.02 Å². The van der Waals surface area contributed by atoms with Gasteiger partial charge in [-0.05, 0) is 125 Å². The molecule has 0 spiro atoms. The molecule has 0 saturated carbocycles. The number of furan rings is 2. The Labute approximate surface area is 391 Å². The molecule has 4 aromatic heterocycles. The van der Waals surface area contributed by atoms with E-state index >= 15 is 0 Å². The zero-order chi connectivity index (χ0) is 47.0. The van der Waals surface area contributed by atoms with Crippen LogP contribution in [0.15, 0.2) is 119 Å². The molecular weight excluding hydrogens is 852 g/mol. The van der Waals surface area contributed by atoms with Crippen LogP contribution in [0.3, 0.4) is 0 Å². The monoisotopic (exact) mass is 906 g/mol. The maximum Gasteiger partial charge on any atom is 0.494 e. The highest BCUT2D eigenvalue weighted by Gasteiger charge is 2.63. The van der Waals surface area contributed by atoms with E-state index < -0.39 is 14.0 Å². The number of fused-ring (bicyclic) bond motifs is 6. The quantitative estimate of drug-likeness (QED) is 0.156. The number of benzene rings is 4. The Morgan fingerprint density at radius 3 is 1.15 bits per heavy atom. The minimum Gasteiger partial charge on any atom is -0.452 e. The topological polar surface area (TPSA) is 133 Å². The van der Waals surface area contributed by atoms with Crippen molar-refractivity contribution in [1.82, 2.24) is 19.9 Å². The highest BCUT2D eigenvalue weighted by molar-refractivity contribution is 7.11. The molecule has 3 aliphatic heterocycles. The van der Waals surface area contributed by atoms with E-state index in [2.05, 4.69) is 47.6 Å². The van der Waals surface area contributed by atoms with E-state index in [1.54, 1.807) is 12.7 Å². The molecule has 3 aliphatic rings. The molecule has 3 saturated heterocycles. The van der Waals surface area contributed by atoms with Crippen molar-refractivity contribution in [3.05, 3.63) is 115 Å². The predicted octanol–water partition coefficient (Wildman–Crippen LogP) is 11.3. The standard InChI is InChI=1S/C22H21BN2O3.C16H9ClN2O.C12H24B2O4/c1-21(2)22(3,4)28-23(27-21)15-11-9-14(10-12-15)18-20-19(25-13-24-18)16-7-5-6-8-17(16)26-20;17-11-7-5-10(6-8-11)14-16-15(19-9-18-14)12-3-1-2-4-13(12)20-16;1-9(2)10(3,4)16-13(15-9)14-17-11(5,6)12(7,8)18-14/h5-13H,1-4H3;1-9H;1-8H3. The summed E-state index contributed by atoms with van der Waals surface area (Å²) in [5, 5.41) is 2.69. The number of aromatic nitrogens is 4. The lowest BCUT2D eigenvalue weighted by Crippen LogP contribution is -2.41. The molecule has 0 bridgehead atoms. The van der Waals surface area contributed by atoms with Gasteiger partial charge in [0.05, 0.1) is 33.6 Å². The van der Waals surface area contributed by atoms with Crippen molar-refractivity contribution in [1.29, 1.82) is 0 Å². The SMILES string of the molecule is CC1(C)OB(B2OC(C)(C)C(C)(C)O2)OC1(C)C.CC1(C)OB(c2ccc(-c3ncnc4c3oc3ccccc34)cc2)OC1(C)C.Clc1ccc(-c2ncnc3c2oc2ccccc23)cc1. The van der Waals surface area contributed by atoms with Gasteiger partial charge in [-0.15, -0.1) is 0 Å². The van der Waals surface area contributed by atoms with E-state index in [0.717, 1.165) is 60.9 Å². The van der Waals surface area contributed by atoms with Crippen LogP contribution >= 0.6 is 11.6 Å². The summed E-state index contributed by atoms with van der Waals surface area (Å²) in [5.41, 5.74) is 7.01. The highest BCUT2D eigenvalue weighted by atomic mass is 35.5. The van der Waals surface area contributed by atoms with E-state index in [1.165, 1.54) is 0 Å². The summed E-state index contributed by atoms with van der Waals surface area (Å²) in [7, 11) is -1.33. The third kappa shape index (κ3) is 8.33. The van der Waals surface area contributed by atoms with E-state index in [0.29, 0.717) is 16.2 Å². The average Bonchev–Trinajstić information content (AvgIpc) is 4.01. The largest absolute Gasteiger partial charge is 0.494 e. The Morgan fingerprint density at radius 1 is 0.409 bits per heavy atom. The number of rotatable bonds is 4. The van der Waals surface area contributed by atoms with Crippen LogP contribution in [-0.4, -0.2) is 74.7 Å². The van der Waals surface area contributed by atoms with Crippen molar-refractivity contribution in [2.75, 3.05) is 0 Å². The van der Waals surface area contributed by atoms with Gasteiger partial charge in [-0.2, -0.15) is 0 Å². The molecule has 0 radical (unpaired) electrons. The van der Waals surface area contributed by atoms with E-state index in [-0.39, 0.29) is 40.7 Å². The van der Waals surface area contributed by atoms with Gasteiger partial charge in [0, 0.05) is 26.9 Å². The van der Waals surface area contributed by atoms with Gasteiger partial charge in [-0.25, -0.2) is 19.9 Å². The minimum atomic E-state index is -0.476. The second-order valence-corrected chi connectivity index (χ2v) is 20.4. The van der Waals surface area contributed by atoms with Gasteiger partial charge in [0.25, 0.3) is 0 Å². The molecular formula is C50H54B3ClN4O8. The van der Waals surface area contributed by atoms with Gasteiger partial charge in [0.2, 0.25) is 0 Å². The third-order valence-corrected chi connectivity index (χ3v) is 14.2. The van der Waals surface area contributed by atoms with E-state index in [9.17, 15) is 0 Å². The number of para-hydroxylation sites is 2. The Morgan fingerprint density at radius 2 is 0.758 bits per heavy atom. The smallest absolute Gasteiger partial charge is 0.452 e. The summed E-state index contributed by atoms with van der Waals surface area (Å²) in [4.78, 5) is 17.6. The van der Waals surface area contributed by atoms with Crippen LogP contribution < -0.4 is 5.46 Å². The molecule has 0 aliphatic carbocycles. The molecule has 338 valence electrons. The molecule has 16 heteroatoms. The lowest BCUT2D eigenvalue weighted by molar-refractivity contribution is 0.00578. The molecule has 3 fully saturated rings. The van der Waals surface area contributed by atoms with Crippen molar-refractivity contribution in [2.45, 2.75) is 117 Å². The zero-order valence-electron chi connectivity index (χ0n) is 39.6. The first-order valence-corrected chi connectivity index (χ1v) is 22.6. The van der Waals surface area contributed by atoms with Gasteiger partial charge >= 0.3 is 21.1 Å². The summed E-state index contributed by atoms with van der Waals surface area (Å²) >= 11 is 5.93. The Hall–Kier alpha value is -5.12. The van der Waals surface area contributed by atoms with Gasteiger partial charge in [-0.3, -0.25) is 0 Å². The predicted molar refractivity (Wildman–Crippen MR) is 262 cm³/mol. The van der Waals surface area contributed by atoms with Crippen LogP contribution in [0.4, 0.5) is 0 Å². The highest BCUT2D eigenvalue weighted by Crippen LogP contribution is 2.43. The number of hydrogen-bond donors (Lipinski definition) is 0. The van der Waals surface area contributed by atoms with Crippen LogP contribution in [0.25, 0.3) is 66.7 Å². The lowest BCUT2D eigenvalue weighted by atomic mass is 9.49. The Kier molecular flexibility index (Phi) is 11.6. The molecule has 12 nitrogen and oxygen atoms in total. The molecule has 0 N–H and O–H groups in total. The van der Waals surface area contributed by atoms with E-state index in [4.69, 9.17) is 48.4 Å². The Bertz CT molecular complexity index is 2980. The van der Waals surface area contributed by atoms with Crippen molar-refractivity contribution < 1.29 is 36.8 Å². The second-order valence-electron chi connectivity index (χ2n) is 20.0. The summed E-state index contributed by atoms with van der Waals surface area (Å²) in [6.07, 6.45) is 3.15. The van der Waals surface area contributed by atoms with Gasteiger partial charge in [0.1, 0.15) is 46.2 Å². The van der Waals surface area contributed by atoms with Gasteiger partial charge in [0.15, 0.2) is 11.2 Å². The fraction of sp³-hybridized carbons (Fsp3) is 0.360. The number of halogens is 1. The van der Waals surface area contributed by atoms with Crippen LogP contribution in [0, 0.1) is 0 Å².